The molecule has 5 N–H and O–H groups in total. The summed E-state index contributed by atoms with van der Waals surface area (Å²) in [7, 11) is -3.66. The van der Waals surface area contributed by atoms with Crippen molar-refractivity contribution in [1.29, 1.82) is 0 Å². The molecule has 1 saturated heterocycles. The van der Waals surface area contributed by atoms with Gasteiger partial charge in [-0.25, -0.2) is 9.86 Å². The van der Waals surface area contributed by atoms with Gasteiger partial charge < -0.3 is 10.6 Å². The van der Waals surface area contributed by atoms with Crippen LogP contribution in [0.5, 0.6) is 0 Å². The number of piperidine rings is 1. The van der Waals surface area contributed by atoms with Crippen molar-refractivity contribution < 1.29 is 13.2 Å². The van der Waals surface area contributed by atoms with Gasteiger partial charge in [0.2, 0.25) is 5.91 Å². The van der Waals surface area contributed by atoms with E-state index >= 15 is 0 Å². The minimum absolute atomic E-state index is 0.0923. The Hall–Kier alpha value is -0.700. The Labute approximate surface area is 121 Å². The van der Waals surface area contributed by atoms with Crippen molar-refractivity contribution in [3.05, 3.63) is 0 Å². The number of hydrogen-bond acceptors (Lipinski definition) is 4. The molecule has 1 aliphatic rings. The molecule has 118 valence electrons. The van der Waals surface area contributed by atoms with Crippen molar-refractivity contribution in [2.45, 2.75) is 32.6 Å². The van der Waals surface area contributed by atoms with Crippen LogP contribution in [0.2, 0.25) is 0 Å². The highest BCUT2D eigenvalue weighted by molar-refractivity contribution is 7.87. The molecule has 2 atom stereocenters. The molecule has 0 spiro atoms. The number of likely N-dealkylation sites (tertiary alicyclic amines) is 1. The Morgan fingerprint density at radius 3 is 2.75 bits per heavy atom. The van der Waals surface area contributed by atoms with E-state index in [-0.39, 0.29) is 24.3 Å². The second-order valence-electron chi connectivity index (χ2n) is 5.41. The molecule has 8 heteroatoms. The highest BCUT2D eigenvalue weighted by Gasteiger charge is 2.28. The zero-order valence-electron chi connectivity index (χ0n) is 12.0. The van der Waals surface area contributed by atoms with E-state index in [2.05, 4.69) is 4.72 Å². The molecule has 1 aliphatic heterocycles. The van der Waals surface area contributed by atoms with Crippen LogP contribution in [0, 0.1) is 11.8 Å². The summed E-state index contributed by atoms with van der Waals surface area (Å²) in [6.07, 6.45) is 3.50. The Morgan fingerprint density at radius 1 is 1.50 bits per heavy atom. The smallest absolute Gasteiger partial charge is 0.274 e. The molecule has 1 fully saturated rings. The molecule has 0 aliphatic carbocycles. The summed E-state index contributed by atoms with van der Waals surface area (Å²) >= 11 is 0. The Kier molecular flexibility index (Phi) is 6.87. The van der Waals surface area contributed by atoms with Crippen molar-refractivity contribution in [1.82, 2.24) is 9.62 Å². The van der Waals surface area contributed by atoms with E-state index in [0.29, 0.717) is 13.1 Å². The van der Waals surface area contributed by atoms with Gasteiger partial charge in [0, 0.05) is 26.2 Å². The maximum atomic E-state index is 12.3. The maximum absolute atomic E-state index is 12.3. The summed E-state index contributed by atoms with van der Waals surface area (Å²) < 4.78 is 24.1. The molecule has 1 rings (SSSR count). The standard InChI is InChI=1S/C12H26N4O3S/c1-2-4-11(7-13)12(17)16-6-3-5-10(9-16)8-15-20(14,18)19/h10-11,15H,2-9,13H2,1H3,(H2,14,18,19). The lowest BCUT2D eigenvalue weighted by atomic mass is 9.95. The van der Waals surface area contributed by atoms with Crippen LogP contribution in [0.15, 0.2) is 0 Å². The van der Waals surface area contributed by atoms with Gasteiger partial charge in [0.25, 0.3) is 10.2 Å². The van der Waals surface area contributed by atoms with Gasteiger partial charge in [0.1, 0.15) is 0 Å². The Bertz CT molecular complexity index is 413. The summed E-state index contributed by atoms with van der Waals surface area (Å²) in [5.41, 5.74) is 5.66. The third kappa shape index (κ3) is 5.74. The minimum Gasteiger partial charge on any atom is -0.342 e. The summed E-state index contributed by atoms with van der Waals surface area (Å²) in [5.74, 6) is 0.0886. The van der Waals surface area contributed by atoms with Crippen LogP contribution in [-0.4, -0.2) is 45.4 Å². The first-order valence-corrected chi connectivity index (χ1v) is 8.68. The second kappa shape index (κ2) is 7.92. The van der Waals surface area contributed by atoms with E-state index in [0.717, 1.165) is 32.2 Å². The first kappa shape index (κ1) is 17.4. The average molecular weight is 306 g/mol. The summed E-state index contributed by atoms with van der Waals surface area (Å²) in [5, 5.41) is 4.92. The number of nitrogens with zero attached hydrogens (tertiary/aromatic N) is 1. The quantitative estimate of drug-likeness (QED) is 0.581. The number of carbonyl (C=O) groups is 1. The third-order valence-electron chi connectivity index (χ3n) is 3.67. The molecule has 20 heavy (non-hydrogen) atoms. The van der Waals surface area contributed by atoms with Crippen molar-refractivity contribution in [3.8, 4) is 0 Å². The number of nitrogens with one attached hydrogen (secondary N) is 1. The normalized spacial score (nSPS) is 21.8. The fourth-order valence-electron chi connectivity index (χ4n) is 2.61. The lowest BCUT2D eigenvalue weighted by Crippen LogP contribution is -2.47. The van der Waals surface area contributed by atoms with Crippen molar-refractivity contribution in [2.75, 3.05) is 26.2 Å². The molecular formula is C12H26N4O3S. The number of nitrogens with two attached hydrogens (primary N) is 2. The topological polar surface area (TPSA) is 119 Å². The first-order chi connectivity index (χ1) is 9.37. The molecular weight excluding hydrogens is 280 g/mol. The van der Waals surface area contributed by atoms with Crippen molar-refractivity contribution in [3.63, 3.8) is 0 Å². The van der Waals surface area contributed by atoms with E-state index in [1.54, 1.807) is 0 Å². The number of hydrogen-bond donors (Lipinski definition) is 3. The van der Waals surface area contributed by atoms with Gasteiger partial charge in [0.15, 0.2) is 0 Å². The van der Waals surface area contributed by atoms with Gasteiger partial charge in [-0.2, -0.15) is 8.42 Å². The first-order valence-electron chi connectivity index (χ1n) is 7.13. The van der Waals surface area contributed by atoms with Gasteiger partial charge in [-0.1, -0.05) is 13.3 Å². The zero-order valence-corrected chi connectivity index (χ0v) is 12.9. The molecule has 0 aromatic heterocycles. The molecule has 0 aromatic carbocycles. The molecule has 2 unspecified atom stereocenters. The van der Waals surface area contributed by atoms with Crippen LogP contribution in [0.3, 0.4) is 0 Å². The summed E-state index contributed by atoms with van der Waals surface area (Å²) in [6.45, 7) is 3.98. The second-order valence-corrected chi connectivity index (χ2v) is 6.79. The molecule has 0 aromatic rings. The van der Waals surface area contributed by atoms with Gasteiger partial charge in [-0.3, -0.25) is 4.79 Å². The average Bonchev–Trinajstić information content (AvgIpc) is 2.41. The predicted octanol–water partition coefficient (Wildman–Crippen LogP) is -0.607. The van der Waals surface area contributed by atoms with E-state index in [1.807, 2.05) is 11.8 Å². The highest BCUT2D eigenvalue weighted by Crippen LogP contribution is 2.19. The van der Waals surface area contributed by atoms with Gasteiger partial charge in [-0.15, -0.1) is 0 Å². The predicted molar refractivity (Wildman–Crippen MR) is 77.9 cm³/mol. The largest absolute Gasteiger partial charge is 0.342 e. The van der Waals surface area contributed by atoms with Crippen LogP contribution in [-0.2, 0) is 15.0 Å². The van der Waals surface area contributed by atoms with Gasteiger partial charge in [-0.05, 0) is 25.2 Å². The summed E-state index contributed by atoms with van der Waals surface area (Å²) in [4.78, 5) is 14.2. The van der Waals surface area contributed by atoms with Crippen LogP contribution in [0.25, 0.3) is 0 Å². The SMILES string of the molecule is CCCC(CN)C(=O)N1CCCC(CNS(N)(=O)=O)C1. The number of amides is 1. The molecule has 1 amide bonds. The lowest BCUT2D eigenvalue weighted by molar-refractivity contribution is -0.137. The van der Waals surface area contributed by atoms with Gasteiger partial charge in [0.05, 0.1) is 5.92 Å². The number of carbonyl (C=O) groups excluding carboxylic acids is 1. The minimum atomic E-state index is -3.66. The lowest BCUT2D eigenvalue weighted by Gasteiger charge is -2.34. The van der Waals surface area contributed by atoms with Crippen molar-refractivity contribution in [2.24, 2.45) is 22.7 Å². The van der Waals surface area contributed by atoms with E-state index < -0.39 is 10.2 Å². The van der Waals surface area contributed by atoms with E-state index in [1.165, 1.54) is 0 Å². The Morgan fingerprint density at radius 2 is 2.20 bits per heavy atom. The molecule has 0 saturated carbocycles. The fourth-order valence-corrected chi connectivity index (χ4v) is 3.08. The molecule has 1 heterocycles. The number of rotatable bonds is 7. The van der Waals surface area contributed by atoms with Crippen LogP contribution in [0.4, 0.5) is 0 Å². The van der Waals surface area contributed by atoms with E-state index in [9.17, 15) is 13.2 Å². The van der Waals surface area contributed by atoms with Crippen LogP contribution >= 0.6 is 0 Å². The van der Waals surface area contributed by atoms with Crippen LogP contribution in [0.1, 0.15) is 32.6 Å². The summed E-state index contributed by atoms with van der Waals surface area (Å²) in [6, 6.07) is 0. The highest BCUT2D eigenvalue weighted by atomic mass is 32.2. The zero-order chi connectivity index (χ0) is 15.2. The Balaban J connectivity index is 2.53. The molecule has 7 nitrogen and oxygen atoms in total. The fraction of sp³-hybridized carbons (Fsp3) is 0.917. The van der Waals surface area contributed by atoms with Gasteiger partial charge >= 0.3 is 0 Å². The molecule has 0 radical (unpaired) electrons. The van der Waals surface area contributed by atoms with E-state index in [4.69, 9.17) is 10.9 Å². The molecule has 0 bridgehead atoms. The monoisotopic (exact) mass is 306 g/mol. The van der Waals surface area contributed by atoms with Crippen LogP contribution < -0.4 is 15.6 Å². The van der Waals surface area contributed by atoms with Crippen molar-refractivity contribution >= 4 is 16.1 Å². The third-order valence-corrected chi connectivity index (χ3v) is 4.24. The maximum Gasteiger partial charge on any atom is 0.274 e.